The van der Waals surface area contributed by atoms with Crippen molar-refractivity contribution in [2.45, 2.75) is 6.42 Å². The summed E-state index contributed by atoms with van der Waals surface area (Å²) in [6.45, 7) is 0.565. The maximum Gasteiger partial charge on any atom is 0.286 e. The number of carbonyl (C=O) groups is 2. The molecule has 0 bridgehead atoms. The van der Waals surface area contributed by atoms with Crippen molar-refractivity contribution in [3.05, 3.63) is 57.1 Å². The quantitative estimate of drug-likeness (QED) is 0.614. The fraction of sp³-hybridized carbons (Fsp3) is 0.222. The maximum absolute atomic E-state index is 12.6. The summed E-state index contributed by atoms with van der Waals surface area (Å²) in [6.07, 6.45) is 0.705. The third-order valence-electron chi connectivity index (χ3n) is 4.24. The van der Waals surface area contributed by atoms with Gasteiger partial charge in [0, 0.05) is 23.9 Å². The van der Waals surface area contributed by atoms with E-state index in [1.165, 1.54) is 20.3 Å². The molecule has 0 radical (unpaired) electrons. The molecule has 1 aliphatic heterocycles. The number of methoxy groups -OCH3 is 2. The molecular weight excluding hydrogens is 354 g/mol. The van der Waals surface area contributed by atoms with Crippen LogP contribution < -0.4 is 20.1 Å². The summed E-state index contributed by atoms with van der Waals surface area (Å²) in [5.74, 6) is -0.576. The number of fused-ring (bicyclic) bond motifs is 1. The van der Waals surface area contributed by atoms with Crippen molar-refractivity contribution in [3.8, 4) is 11.5 Å². The Balaban J connectivity index is 1.95. The van der Waals surface area contributed by atoms with Crippen LogP contribution >= 0.6 is 0 Å². The smallest absolute Gasteiger partial charge is 0.286 e. The van der Waals surface area contributed by atoms with E-state index in [1.807, 2.05) is 0 Å². The van der Waals surface area contributed by atoms with Crippen molar-refractivity contribution in [2.75, 3.05) is 26.1 Å². The van der Waals surface area contributed by atoms with Crippen LogP contribution in [0.1, 0.15) is 26.3 Å². The minimum absolute atomic E-state index is 0.145. The van der Waals surface area contributed by atoms with Gasteiger partial charge in [-0.3, -0.25) is 19.7 Å². The Morgan fingerprint density at radius 3 is 2.56 bits per heavy atom. The second kappa shape index (κ2) is 7.32. The molecule has 9 nitrogen and oxygen atoms in total. The number of anilines is 1. The van der Waals surface area contributed by atoms with Gasteiger partial charge in [0.2, 0.25) is 0 Å². The molecule has 2 aromatic carbocycles. The van der Waals surface area contributed by atoms with Gasteiger partial charge >= 0.3 is 0 Å². The van der Waals surface area contributed by atoms with Gasteiger partial charge in [0.05, 0.1) is 25.2 Å². The molecular formula is C18H17N3O6. The van der Waals surface area contributed by atoms with Crippen LogP contribution in [-0.2, 0) is 6.42 Å². The minimum atomic E-state index is -0.696. The standard InChI is InChI=1S/C18H17N3O6/c1-26-15-8-13(14(21(24)25)9-16(15)27-2)18(23)20-11-4-3-10-5-6-19-17(22)12(10)7-11/h3-4,7-9H,5-6H2,1-2H3,(H,19,22)(H,20,23). The van der Waals surface area contributed by atoms with E-state index in [0.717, 1.165) is 11.6 Å². The first-order valence-corrected chi connectivity index (χ1v) is 8.07. The zero-order valence-electron chi connectivity index (χ0n) is 14.7. The highest BCUT2D eigenvalue weighted by molar-refractivity contribution is 6.08. The Hall–Kier alpha value is -3.62. The highest BCUT2D eigenvalue weighted by Gasteiger charge is 2.25. The van der Waals surface area contributed by atoms with Gasteiger partial charge in [-0.1, -0.05) is 6.07 Å². The Morgan fingerprint density at radius 2 is 1.89 bits per heavy atom. The average molecular weight is 371 g/mol. The molecule has 1 heterocycles. The lowest BCUT2D eigenvalue weighted by Crippen LogP contribution is -2.31. The number of nitrogens with zero attached hydrogens (tertiary/aromatic N) is 1. The van der Waals surface area contributed by atoms with Crippen LogP contribution in [-0.4, -0.2) is 37.5 Å². The van der Waals surface area contributed by atoms with Gasteiger partial charge in [0.15, 0.2) is 11.5 Å². The van der Waals surface area contributed by atoms with Gasteiger partial charge in [-0.15, -0.1) is 0 Å². The van der Waals surface area contributed by atoms with Crippen LogP contribution in [0.5, 0.6) is 11.5 Å². The fourth-order valence-corrected chi connectivity index (χ4v) is 2.89. The van der Waals surface area contributed by atoms with E-state index in [-0.39, 0.29) is 23.0 Å². The van der Waals surface area contributed by atoms with Crippen molar-refractivity contribution >= 4 is 23.2 Å². The van der Waals surface area contributed by atoms with Crippen LogP contribution in [0.15, 0.2) is 30.3 Å². The lowest BCUT2D eigenvalue weighted by atomic mass is 9.99. The van der Waals surface area contributed by atoms with Gasteiger partial charge < -0.3 is 20.1 Å². The predicted molar refractivity (Wildman–Crippen MR) is 96.6 cm³/mol. The highest BCUT2D eigenvalue weighted by Crippen LogP contribution is 2.35. The maximum atomic E-state index is 12.6. The number of hydrogen-bond acceptors (Lipinski definition) is 6. The number of ether oxygens (including phenoxy) is 2. The summed E-state index contributed by atoms with van der Waals surface area (Å²) >= 11 is 0. The van der Waals surface area contributed by atoms with Gasteiger partial charge in [-0.25, -0.2) is 0 Å². The van der Waals surface area contributed by atoms with Crippen molar-refractivity contribution in [1.82, 2.24) is 5.32 Å². The van der Waals surface area contributed by atoms with Gasteiger partial charge in [-0.05, 0) is 24.1 Å². The second-order valence-electron chi connectivity index (χ2n) is 5.81. The molecule has 0 atom stereocenters. The van der Waals surface area contributed by atoms with Crippen LogP contribution in [0.25, 0.3) is 0 Å². The number of carbonyl (C=O) groups excluding carboxylic acids is 2. The van der Waals surface area contributed by atoms with E-state index >= 15 is 0 Å². The SMILES string of the molecule is COc1cc(C(=O)Nc2ccc3c(c2)C(=O)NCC3)c([N+](=O)[O-])cc1OC. The number of benzene rings is 2. The first-order valence-electron chi connectivity index (χ1n) is 8.07. The highest BCUT2D eigenvalue weighted by atomic mass is 16.6. The molecule has 2 N–H and O–H groups in total. The van der Waals surface area contributed by atoms with E-state index in [4.69, 9.17) is 9.47 Å². The molecule has 0 spiro atoms. The summed E-state index contributed by atoms with van der Waals surface area (Å²) in [7, 11) is 2.72. The monoisotopic (exact) mass is 371 g/mol. The van der Waals surface area contributed by atoms with Crippen LogP contribution in [0.3, 0.4) is 0 Å². The topological polar surface area (TPSA) is 120 Å². The van der Waals surface area contributed by atoms with E-state index in [1.54, 1.807) is 18.2 Å². The molecule has 0 saturated heterocycles. The third-order valence-corrected chi connectivity index (χ3v) is 4.24. The molecule has 27 heavy (non-hydrogen) atoms. The normalized spacial score (nSPS) is 12.6. The molecule has 0 aromatic heterocycles. The molecule has 1 aliphatic rings. The fourth-order valence-electron chi connectivity index (χ4n) is 2.89. The average Bonchev–Trinajstić information content (AvgIpc) is 2.67. The van der Waals surface area contributed by atoms with Crippen LogP contribution in [0.4, 0.5) is 11.4 Å². The summed E-state index contributed by atoms with van der Waals surface area (Å²) in [5.41, 5.74) is 1.12. The van der Waals surface area contributed by atoms with Crippen molar-refractivity contribution in [3.63, 3.8) is 0 Å². The Labute approximate surface area is 154 Å². The zero-order chi connectivity index (χ0) is 19.6. The summed E-state index contributed by atoms with van der Waals surface area (Å²) in [5, 5.41) is 16.7. The Kier molecular flexibility index (Phi) is 4.93. The molecule has 0 unspecified atom stereocenters. The molecule has 0 saturated carbocycles. The Morgan fingerprint density at radius 1 is 1.19 bits per heavy atom. The van der Waals surface area contributed by atoms with Crippen molar-refractivity contribution in [1.29, 1.82) is 0 Å². The molecule has 0 aliphatic carbocycles. The van der Waals surface area contributed by atoms with Crippen LogP contribution in [0, 0.1) is 10.1 Å². The van der Waals surface area contributed by atoms with Crippen molar-refractivity contribution < 1.29 is 24.0 Å². The molecule has 0 fully saturated rings. The number of nitro groups is 1. The number of amides is 2. The summed E-state index contributed by atoms with van der Waals surface area (Å²) in [4.78, 5) is 35.3. The molecule has 9 heteroatoms. The van der Waals surface area contributed by atoms with E-state index in [9.17, 15) is 19.7 Å². The number of nitro benzene ring substituents is 1. The van der Waals surface area contributed by atoms with Crippen molar-refractivity contribution in [2.24, 2.45) is 0 Å². The van der Waals surface area contributed by atoms with E-state index in [0.29, 0.717) is 24.2 Å². The minimum Gasteiger partial charge on any atom is -0.493 e. The number of nitrogens with one attached hydrogen (secondary N) is 2. The first kappa shape index (κ1) is 18.2. The van der Waals surface area contributed by atoms with Crippen LogP contribution in [0.2, 0.25) is 0 Å². The third kappa shape index (κ3) is 3.52. The molecule has 2 amide bonds. The lowest BCUT2D eigenvalue weighted by molar-refractivity contribution is -0.385. The zero-order valence-corrected chi connectivity index (χ0v) is 14.7. The largest absolute Gasteiger partial charge is 0.493 e. The van der Waals surface area contributed by atoms with Gasteiger partial charge in [0.25, 0.3) is 17.5 Å². The summed E-state index contributed by atoms with van der Waals surface area (Å²) < 4.78 is 10.2. The van der Waals surface area contributed by atoms with E-state index in [2.05, 4.69) is 10.6 Å². The molecule has 3 rings (SSSR count). The molecule has 2 aromatic rings. The summed E-state index contributed by atoms with van der Waals surface area (Å²) in [6, 6.07) is 7.34. The predicted octanol–water partition coefficient (Wildman–Crippen LogP) is 2.15. The van der Waals surface area contributed by atoms with Gasteiger partial charge in [-0.2, -0.15) is 0 Å². The Bertz CT molecular complexity index is 941. The number of hydrogen-bond donors (Lipinski definition) is 2. The van der Waals surface area contributed by atoms with Gasteiger partial charge in [0.1, 0.15) is 5.56 Å². The first-order chi connectivity index (χ1) is 12.9. The molecule has 140 valence electrons. The lowest BCUT2D eigenvalue weighted by Gasteiger charge is -2.17. The second-order valence-corrected chi connectivity index (χ2v) is 5.81. The number of rotatable bonds is 5. The van der Waals surface area contributed by atoms with E-state index < -0.39 is 16.5 Å².